The Hall–Kier alpha value is -1.52. The van der Waals surface area contributed by atoms with E-state index in [4.69, 9.17) is 5.73 Å². The monoisotopic (exact) mass is 260 g/mol. The molecule has 4 heteroatoms. The van der Waals surface area contributed by atoms with Gasteiger partial charge in [0.15, 0.2) is 0 Å². The van der Waals surface area contributed by atoms with Gasteiger partial charge in [-0.05, 0) is 36.1 Å². The van der Waals surface area contributed by atoms with E-state index in [2.05, 4.69) is 17.5 Å². The predicted molar refractivity (Wildman–Crippen MR) is 77.5 cm³/mol. The van der Waals surface area contributed by atoms with Crippen molar-refractivity contribution in [3.63, 3.8) is 0 Å². The van der Waals surface area contributed by atoms with Gasteiger partial charge in [0, 0.05) is 29.2 Å². The van der Waals surface area contributed by atoms with Crippen LogP contribution in [0.15, 0.2) is 30.8 Å². The molecule has 2 heterocycles. The fourth-order valence-corrected chi connectivity index (χ4v) is 3.39. The molecule has 0 saturated carbocycles. The van der Waals surface area contributed by atoms with E-state index in [9.17, 15) is 5.11 Å². The Morgan fingerprint density at radius 1 is 1.44 bits per heavy atom. The Morgan fingerprint density at radius 3 is 3.00 bits per heavy atom. The topological polar surface area (TPSA) is 49.5 Å². The van der Waals surface area contributed by atoms with Crippen LogP contribution < -0.4 is 5.73 Å². The third-order valence-corrected chi connectivity index (χ3v) is 4.53. The van der Waals surface area contributed by atoms with E-state index in [1.54, 1.807) is 11.3 Å². The molecule has 3 rings (SSSR count). The number of aliphatic hydroxyl groups excluding tert-OH is 1. The summed E-state index contributed by atoms with van der Waals surface area (Å²) in [6, 6.07) is 8.08. The lowest BCUT2D eigenvalue weighted by Crippen LogP contribution is -2.19. The number of likely N-dealkylation sites (tertiary alicyclic amines) is 1. The second kappa shape index (κ2) is 4.30. The second-order valence-electron chi connectivity index (χ2n) is 4.74. The van der Waals surface area contributed by atoms with Gasteiger partial charge in [-0.2, -0.15) is 0 Å². The zero-order valence-corrected chi connectivity index (χ0v) is 10.9. The minimum atomic E-state index is -0.216. The SMILES string of the molecule is C=C(c1cc2cc(N)ccc2s1)N1CCC(O)C1. The van der Waals surface area contributed by atoms with Gasteiger partial charge in [-0.3, -0.25) is 0 Å². The number of aliphatic hydroxyl groups is 1. The van der Waals surface area contributed by atoms with E-state index in [0.29, 0.717) is 6.54 Å². The maximum absolute atomic E-state index is 9.58. The Kier molecular flexibility index (Phi) is 2.76. The molecule has 1 fully saturated rings. The average Bonchev–Trinajstić information content (AvgIpc) is 2.93. The Morgan fingerprint density at radius 2 is 2.28 bits per heavy atom. The van der Waals surface area contributed by atoms with E-state index in [1.807, 2.05) is 18.2 Å². The number of nitrogens with zero attached hydrogens (tertiary/aromatic N) is 1. The van der Waals surface area contributed by atoms with Gasteiger partial charge in [-0.25, -0.2) is 0 Å². The van der Waals surface area contributed by atoms with Gasteiger partial charge in [0.1, 0.15) is 0 Å². The summed E-state index contributed by atoms with van der Waals surface area (Å²) in [4.78, 5) is 3.31. The number of nitrogen functional groups attached to an aromatic ring is 1. The number of anilines is 1. The van der Waals surface area contributed by atoms with E-state index in [0.717, 1.165) is 34.6 Å². The fourth-order valence-electron chi connectivity index (χ4n) is 2.35. The van der Waals surface area contributed by atoms with E-state index in [1.165, 1.54) is 4.70 Å². The number of fused-ring (bicyclic) bond motifs is 1. The summed E-state index contributed by atoms with van der Waals surface area (Å²) in [5, 5.41) is 10.7. The molecular weight excluding hydrogens is 244 g/mol. The molecule has 18 heavy (non-hydrogen) atoms. The summed E-state index contributed by atoms with van der Waals surface area (Å²) < 4.78 is 1.22. The van der Waals surface area contributed by atoms with Crippen LogP contribution in [-0.2, 0) is 0 Å². The third-order valence-electron chi connectivity index (χ3n) is 3.37. The maximum atomic E-state index is 9.58. The first-order valence-electron chi connectivity index (χ1n) is 6.05. The summed E-state index contributed by atoms with van der Waals surface area (Å²) >= 11 is 1.72. The molecule has 0 amide bonds. The van der Waals surface area contributed by atoms with Crippen LogP contribution >= 0.6 is 11.3 Å². The molecule has 1 aliphatic rings. The van der Waals surface area contributed by atoms with Crippen molar-refractivity contribution in [1.82, 2.24) is 4.90 Å². The lowest BCUT2D eigenvalue weighted by molar-refractivity contribution is 0.187. The van der Waals surface area contributed by atoms with Gasteiger partial charge >= 0.3 is 0 Å². The quantitative estimate of drug-likeness (QED) is 0.816. The number of nitrogens with two attached hydrogens (primary N) is 1. The molecule has 3 N–H and O–H groups in total. The average molecular weight is 260 g/mol. The molecule has 94 valence electrons. The molecule has 2 aromatic rings. The van der Waals surface area contributed by atoms with E-state index >= 15 is 0 Å². The molecule has 1 aliphatic heterocycles. The lowest BCUT2D eigenvalue weighted by Gasteiger charge is -2.19. The molecule has 1 aromatic carbocycles. The standard InChI is InChI=1S/C14H16N2OS/c1-9(16-5-4-12(17)8-16)14-7-10-6-11(15)2-3-13(10)18-14/h2-3,6-7,12,17H,1,4-5,8,15H2. The first kappa shape index (κ1) is 11.6. The summed E-state index contributed by atoms with van der Waals surface area (Å²) in [6.07, 6.45) is 0.614. The molecule has 1 saturated heterocycles. The number of benzene rings is 1. The molecule has 1 unspecified atom stereocenters. The van der Waals surface area contributed by atoms with Crippen LogP contribution in [0.1, 0.15) is 11.3 Å². The minimum Gasteiger partial charge on any atom is -0.399 e. The summed E-state index contributed by atoms with van der Waals surface area (Å²) in [6.45, 7) is 5.73. The van der Waals surface area contributed by atoms with Gasteiger partial charge in [0.2, 0.25) is 0 Å². The van der Waals surface area contributed by atoms with Crippen molar-refractivity contribution >= 4 is 32.8 Å². The van der Waals surface area contributed by atoms with Gasteiger partial charge < -0.3 is 15.7 Å². The van der Waals surface area contributed by atoms with Crippen molar-refractivity contribution in [3.05, 3.63) is 35.7 Å². The zero-order chi connectivity index (χ0) is 12.7. The summed E-state index contributed by atoms with van der Waals surface area (Å²) in [5.74, 6) is 0. The van der Waals surface area contributed by atoms with Crippen LogP contribution in [0.5, 0.6) is 0 Å². The Balaban J connectivity index is 1.92. The smallest absolute Gasteiger partial charge is 0.0731 e. The molecule has 1 aromatic heterocycles. The van der Waals surface area contributed by atoms with Crippen molar-refractivity contribution in [2.75, 3.05) is 18.8 Å². The molecular formula is C14H16N2OS. The fraction of sp³-hybridized carbons (Fsp3) is 0.286. The lowest BCUT2D eigenvalue weighted by atomic mass is 10.2. The normalized spacial score (nSPS) is 19.6. The van der Waals surface area contributed by atoms with Gasteiger partial charge in [-0.1, -0.05) is 6.58 Å². The van der Waals surface area contributed by atoms with Crippen molar-refractivity contribution in [1.29, 1.82) is 0 Å². The Labute approximate surface area is 110 Å². The van der Waals surface area contributed by atoms with Crippen molar-refractivity contribution in [2.24, 2.45) is 0 Å². The van der Waals surface area contributed by atoms with Crippen molar-refractivity contribution in [3.8, 4) is 0 Å². The molecule has 3 nitrogen and oxygen atoms in total. The highest BCUT2D eigenvalue weighted by Crippen LogP contribution is 2.33. The number of β-amino-alcohol motifs (C(OH)–C–C–N with tert-alkyl or cyclic N) is 1. The molecule has 1 atom stereocenters. The van der Waals surface area contributed by atoms with Crippen molar-refractivity contribution in [2.45, 2.75) is 12.5 Å². The number of hydrogen-bond donors (Lipinski definition) is 2. The maximum Gasteiger partial charge on any atom is 0.0731 e. The zero-order valence-electron chi connectivity index (χ0n) is 10.1. The van der Waals surface area contributed by atoms with Crippen LogP contribution in [0.2, 0.25) is 0 Å². The van der Waals surface area contributed by atoms with Gasteiger partial charge in [-0.15, -0.1) is 11.3 Å². The molecule has 0 bridgehead atoms. The Bertz CT molecular complexity index is 605. The van der Waals surface area contributed by atoms with Crippen LogP contribution in [0, 0.1) is 0 Å². The highest BCUT2D eigenvalue weighted by Gasteiger charge is 2.22. The molecule has 0 aliphatic carbocycles. The highest BCUT2D eigenvalue weighted by molar-refractivity contribution is 7.20. The van der Waals surface area contributed by atoms with Crippen LogP contribution in [0.3, 0.4) is 0 Å². The largest absolute Gasteiger partial charge is 0.399 e. The van der Waals surface area contributed by atoms with Gasteiger partial charge in [0.05, 0.1) is 11.0 Å². The number of rotatable bonds is 2. The minimum absolute atomic E-state index is 0.216. The van der Waals surface area contributed by atoms with Crippen LogP contribution in [0.4, 0.5) is 5.69 Å². The number of hydrogen-bond acceptors (Lipinski definition) is 4. The molecule has 0 spiro atoms. The highest BCUT2D eigenvalue weighted by atomic mass is 32.1. The van der Waals surface area contributed by atoms with Gasteiger partial charge in [0.25, 0.3) is 0 Å². The first-order chi connectivity index (χ1) is 8.63. The summed E-state index contributed by atoms with van der Waals surface area (Å²) in [5.41, 5.74) is 7.58. The van der Waals surface area contributed by atoms with Crippen molar-refractivity contribution < 1.29 is 5.11 Å². The first-order valence-corrected chi connectivity index (χ1v) is 6.86. The third kappa shape index (κ3) is 1.98. The van der Waals surface area contributed by atoms with Crippen LogP contribution in [0.25, 0.3) is 15.8 Å². The summed E-state index contributed by atoms with van der Waals surface area (Å²) in [7, 11) is 0. The van der Waals surface area contributed by atoms with E-state index < -0.39 is 0 Å². The molecule has 0 radical (unpaired) electrons. The van der Waals surface area contributed by atoms with Crippen LogP contribution in [-0.4, -0.2) is 29.2 Å². The second-order valence-corrected chi connectivity index (χ2v) is 5.83. The number of thiophene rings is 1. The van der Waals surface area contributed by atoms with E-state index in [-0.39, 0.29) is 6.10 Å². The predicted octanol–water partition coefficient (Wildman–Crippen LogP) is 2.52.